The Kier molecular flexibility index (Phi) is 9.30. The number of methoxy groups -OCH3 is 1. The highest BCUT2D eigenvalue weighted by Gasteiger charge is 2.26. The van der Waals surface area contributed by atoms with Gasteiger partial charge in [-0.15, -0.1) is 0 Å². The third kappa shape index (κ3) is 6.88. The van der Waals surface area contributed by atoms with Crippen molar-refractivity contribution in [3.63, 3.8) is 0 Å². The van der Waals surface area contributed by atoms with E-state index in [-0.39, 0.29) is 9.92 Å². The molecule has 0 radical (unpaired) electrons. The molecule has 11 nitrogen and oxygen atoms in total. The highest BCUT2D eigenvalue weighted by Crippen LogP contribution is 2.28. The Labute approximate surface area is 200 Å². The summed E-state index contributed by atoms with van der Waals surface area (Å²) in [6.45, 7) is 0.417. The van der Waals surface area contributed by atoms with Gasteiger partial charge in [0.25, 0.3) is 0 Å². The average molecular weight is 509 g/mol. The summed E-state index contributed by atoms with van der Waals surface area (Å²) in [7, 11) is -0.636. The van der Waals surface area contributed by atoms with Gasteiger partial charge in [0.15, 0.2) is 5.03 Å². The minimum Gasteiger partial charge on any atom is -0.481 e. The minimum atomic E-state index is -3.86. The zero-order chi connectivity index (χ0) is 25.3. The van der Waals surface area contributed by atoms with Crippen LogP contribution >= 0.6 is 11.6 Å². The van der Waals surface area contributed by atoms with Crippen LogP contribution in [0.3, 0.4) is 0 Å². The Morgan fingerprint density at radius 1 is 1.15 bits per heavy atom. The molecule has 3 rings (SSSR count). The van der Waals surface area contributed by atoms with Gasteiger partial charge in [0.1, 0.15) is 0 Å². The van der Waals surface area contributed by atoms with E-state index in [9.17, 15) is 18.0 Å². The Balaban J connectivity index is 0.000000440. The molecule has 2 aromatic heterocycles. The lowest BCUT2D eigenvalue weighted by Gasteiger charge is -2.10. The maximum absolute atomic E-state index is 13.2. The number of pyridine rings is 1. The average Bonchev–Trinajstić information content (AvgIpc) is 3.23. The maximum Gasteiger partial charge on any atom is 0.328 e. The first kappa shape index (κ1) is 26.5. The predicted molar refractivity (Wildman–Crippen MR) is 122 cm³/mol. The number of ether oxygens (including phenoxy) is 1. The fourth-order valence-electron chi connectivity index (χ4n) is 2.58. The molecule has 0 aliphatic carbocycles. The number of carbonyl (C=O) groups is 2. The van der Waals surface area contributed by atoms with Crippen LogP contribution in [0.15, 0.2) is 70.7 Å². The Bertz CT molecular complexity index is 1270. The molecule has 0 saturated heterocycles. The zero-order valence-corrected chi connectivity index (χ0v) is 19.6. The summed E-state index contributed by atoms with van der Waals surface area (Å²) in [5, 5.41) is 23.4. The molecule has 0 fully saturated rings. The summed E-state index contributed by atoms with van der Waals surface area (Å²) < 4.78 is 32.6. The predicted octanol–water partition coefficient (Wildman–Crippen LogP) is 2.19. The quantitative estimate of drug-likeness (QED) is 0.384. The van der Waals surface area contributed by atoms with E-state index in [0.717, 1.165) is 0 Å². The molecule has 0 aliphatic rings. The number of aliphatic carboxylic acids is 2. The number of aromatic nitrogens is 3. The van der Waals surface area contributed by atoms with E-state index in [0.29, 0.717) is 41.0 Å². The second-order valence-corrected chi connectivity index (χ2v) is 8.72. The zero-order valence-electron chi connectivity index (χ0n) is 18.0. The number of sulfone groups is 1. The van der Waals surface area contributed by atoms with Crippen LogP contribution in [0.2, 0.25) is 5.02 Å². The number of rotatable bonds is 8. The molecule has 0 saturated carbocycles. The molecule has 0 spiro atoms. The molecule has 34 heavy (non-hydrogen) atoms. The molecule has 0 bridgehead atoms. The van der Waals surface area contributed by atoms with E-state index >= 15 is 0 Å². The van der Waals surface area contributed by atoms with Crippen molar-refractivity contribution in [3.05, 3.63) is 71.5 Å². The van der Waals surface area contributed by atoms with Gasteiger partial charge < -0.3 is 20.3 Å². The molecule has 0 atom stereocenters. The molecular weight excluding hydrogens is 488 g/mol. The SMILES string of the molecule is CNCc1cc(S(=O)(=O)c2ccc(OC)nc2)n(-c2ccccc2Cl)n1.O=C(O)C=CC(=O)O. The summed E-state index contributed by atoms with van der Waals surface area (Å²) in [5.41, 5.74) is 1.06. The minimum absolute atomic E-state index is 0.0165. The molecule has 3 aromatic rings. The number of carboxylic acids is 2. The summed E-state index contributed by atoms with van der Waals surface area (Å²) >= 11 is 6.25. The van der Waals surface area contributed by atoms with Crippen LogP contribution < -0.4 is 10.1 Å². The van der Waals surface area contributed by atoms with Crippen molar-refractivity contribution in [3.8, 4) is 11.6 Å². The highest BCUT2D eigenvalue weighted by molar-refractivity contribution is 7.91. The second kappa shape index (κ2) is 11.9. The van der Waals surface area contributed by atoms with Gasteiger partial charge in [-0.25, -0.2) is 27.7 Å². The van der Waals surface area contributed by atoms with Crippen LogP contribution in [0, 0.1) is 0 Å². The number of halogens is 1. The van der Waals surface area contributed by atoms with Crippen molar-refractivity contribution in [1.29, 1.82) is 0 Å². The Morgan fingerprint density at radius 3 is 2.29 bits per heavy atom. The van der Waals surface area contributed by atoms with Gasteiger partial charge in [0.2, 0.25) is 15.7 Å². The molecular formula is C21H21ClN4O7S. The van der Waals surface area contributed by atoms with Gasteiger partial charge in [-0.3, -0.25) is 0 Å². The van der Waals surface area contributed by atoms with Gasteiger partial charge >= 0.3 is 11.9 Å². The lowest BCUT2D eigenvalue weighted by atomic mass is 10.3. The first-order valence-electron chi connectivity index (χ1n) is 9.47. The van der Waals surface area contributed by atoms with E-state index in [1.165, 1.54) is 36.2 Å². The van der Waals surface area contributed by atoms with Crippen molar-refractivity contribution in [2.24, 2.45) is 0 Å². The third-order valence-corrected chi connectivity index (χ3v) is 6.06. The largest absolute Gasteiger partial charge is 0.481 e. The van der Waals surface area contributed by atoms with Gasteiger partial charge in [-0.05, 0) is 25.2 Å². The van der Waals surface area contributed by atoms with Crippen LogP contribution in [0.25, 0.3) is 5.69 Å². The number of hydrogen-bond donors (Lipinski definition) is 3. The summed E-state index contributed by atoms with van der Waals surface area (Å²) in [5.74, 6) is -2.18. The number of benzene rings is 1. The second-order valence-electron chi connectivity index (χ2n) is 6.42. The number of carboxylic acid groups (broad SMARTS) is 2. The van der Waals surface area contributed by atoms with Gasteiger partial charge in [0.05, 0.1) is 28.4 Å². The van der Waals surface area contributed by atoms with E-state index in [2.05, 4.69) is 15.4 Å². The van der Waals surface area contributed by atoms with Crippen molar-refractivity contribution >= 4 is 33.4 Å². The Hall–Kier alpha value is -3.74. The lowest BCUT2D eigenvalue weighted by Crippen LogP contribution is -2.11. The first-order valence-corrected chi connectivity index (χ1v) is 11.3. The van der Waals surface area contributed by atoms with Crippen molar-refractivity contribution < 1.29 is 33.0 Å². The molecule has 1 aromatic carbocycles. The van der Waals surface area contributed by atoms with Crippen LogP contribution in [-0.4, -0.2) is 59.5 Å². The number of para-hydroxylation sites is 1. The number of nitrogens with zero attached hydrogens (tertiary/aromatic N) is 3. The number of nitrogens with one attached hydrogen (secondary N) is 1. The fraction of sp³-hybridized carbons (Fsp3) is 0.143. The fourth-order valence-corrected chi connectivity index (χ4v) is 4.13. The molecule has 0 amide bonds. The standard InChI is InChI=1S/C17H17ClN4O3S.C4H4O4/c1-19-10-12-9-17(22(21-12)15-6-4-3-5-14(15)18)26(23,24)13-7-8-16(25-2)20-11-13;5-3(6)1-2-4(7)8/h3-9,11,19H,10H2,1-2H3;1-2H,(H,5,6)(H,7,8). The van der Waals surface area contributed by atoms with Gasteiger partial charge in [-0.2, -0.15) is 5.10 Å². The summed E-state index contributed by atoms with van der Waals surface area (Å²) in [6, 6.07) is 11.4. The Morgan fingerprint density at radius 2 is 1.79 bits per heavy atom. The topological polar surface area (TPSA) is 161 Å². The molecule has 0 aliphatic heterocycles. The van der Waals surface area contributed by atoms with Crippen molar-refractivity contribution in [2.75, 3.05) is 14.2 Å². The third-order valence-electron chi connectivity index (χ3n) is 4.04. The van der Waals surface area contributed by atoms with E-state index in [4.69, 9.17) is 26.6 Å². The molecule has 0 unspecified atom stereocenters. The lowest BCUT2D eigenvalue weighted by molar-refractivity contribution is -0.134. The summed E-state index contributed by atoms with van der Waals surface area (Å²) in [6.07, 6.45) is 2.38. The van der Waals surface area contributed by atoms with Crippen LogP contribution in [-0.2, 0) is 26.0 Å². The first-order chi connectivity index (χ1) is 16.1. The van der Waals surface area contributed by atoms with Gasteiger partial charge in [0, 0.05) is 37.0 Å². The maximum atomic E-state index is 13.2. The van der Waals surface area contributed by atoms with E-state index in [1.807, 2.05) is 0 Å². The highest BCUT2D eigenvalue weighted by atomic mass is 35.5. The van der Waals surface area contributed by atoms with Crippen LogP contribution in [0.1, 0.15) is 5.69 Å². The summed E-state index contributed by atoms with van der Waals surface area (Å²) in [4.78, 5) is 23.1. The van der Waals surface area contributed by atoms with Crippen molar-refractivity contribution in [2.45, 2.75) is 16.5 Å². The normalized spacial score (nSPS) is 11.0. The van der Waals surface area contributed by atoms with Crippen molar-refractivity contribution in [1.82, 2.24) is 20.1 Å². The molecule has 180 valence electrons. The molecule has 13 heteroatoms. The van der Waals surface area contributed by atoms with Gasteiger partial charge in [-0.1, -0.05) is 23.7 Å². The number of hydrogen-bond acceptors (Lipinski definition) is 8. The van der Waals surface area contributed by atoms with E-state index in [1.54, 1.807) is 31.3 Å². The monoisotopic (exact) mass is 508 g/mol. The van der Waals surface area contributed by atoms with E-state index < -0.39 is 21.8 Å². The van der Waals surface area contributed by atoms with Crippen LogP contribution in [0.4, 0.5) is 0 Å². The van der Waals surface area contributed by atoms with Crippen LogP contribution in [0.5, 0.6) is 5.88 Å². The molecule has 2 heterocycles. The smallest absolute Gasteiger partial charge is 0.328 e. The molecule has 3 N–H and O–H groups in total.